The van der Waals surface area contributed by atoms with E-state index in [9.17, 15) is 8.78 Å². The van der Waals surface area contributed by atoms with Crippen LogP contribution < -0.4 is 14.8 Å². The van der Waals surface area contributed by atoms with Crippen LogP contribution in [0.25, 0.3) is 0 Å². The number of nitrogens with zero attached hydrogens (tertiary/aromatic N) is 1. The van der Waals surface area contributed by atoms with Crippen molar-refractivity contribution in [2.45, 2.75) is 19.4 Å². The highest BCUT2D eigenvalue weighted by atomic mass is 19.3. The maximum absolute atomic E-state index is 13.9. The minimum atomic E-state index is -2.91. The van der Waals surface area contributed by atoms with Crippen molar-refractivity contribution in [2.75, 3.05) is 40.4 Å². The van der Waals surface area contributed by atoms with Gasteiger partial charge in [0.2, 0.25) is 0 Å². The van der Waals surface area contributed by atoms with Crippen LogP contribution in [0.15, 0.2) is 12.1 Å². The number of alkyl halides is 2. The van der Waals surface area contributed by atoms with Gasteiger partial charge < -0.3 is 14.8 Å². The molecule has 1 aromatic carbocycles. The highest BCUT2D eigenvalue weighted by Gasteiger charge is 2.30. The van der Waals surface area contributed by atoms with E-state index in [0.29, 0.717) is 23.6 Å². The predicted molar refractivity (Wildman–Crippen MR) is 77.3 cm³/mol. The third kappa shape index (κ3) is 3.83. The standard InChI is InChI=1S/C15H22F2N2O2/c1-15(16,17)12-9-14(21-3)13(20-2)8-11(12)10-19-6-4-18-5-7-19/h8-9,18H,4-7,10H2,1-3H3. The average molecular weight is 300 g/mol. The summed E-state index contributed by atoms with van der Waals surface area (Å²) in [5.74, 6) is -2.10. The van der Waals surface area contributed by atoms with Crippen LogP contribution in [0.1, 0.15) is 18.1 Å². The molecule has 6 heteroatoms. The largest absolute Gasteiger partial charge is 0.493 e. The van der Waals surface area contributed by atoms with Gasteiger partial charge in [-0.25, -0.2) is 8.78 Å². The Morgan fingerprint density at radius 3 is 2.24 bits per heavy atom. The number of nitrogens with one attached hydrogen (secondary N) is 1. The molecule has 1 aliphatic rings. The molecular formula is C15H22F2N2O2. The number of halogens is 2. The van der Waals surface area contributed by atoms with Crippen LogP contribution in [0.3, 0.4) is 0 Å². The molecule has 4 nitrogen and oxygen atoms in total. The molecule has 118 valence electrons. The maximum atomic E-state index is 13.9. The molecule has 0 spiro atoms. The van der Waals surface area contributed by atoms with Crippen LogP contribution in [0.5, 0.6) is 11.5 Å². The Kier molecular flexibility index (Phi) is 5.00. The van der Waals surface area contributed by atoms with Gasteiger partial charge in [0.1, 0.15) is 0 Å². The van der Waals surface area contributed by atoms with E-state index in [1.165, 1.54) is 20.3 Å². The molecule has 0 saturated carbocycles. The Morgan fingerprint density at radius 1 is 1.14 bits per heavy atom. The molecule has 1 N–H and O–H groups in total. The molecule has 1 fully saturated rings. The van der Waals surface area contributed by atoms with Crippen molar-refractivity contribution in [1.29, 1.82) is 0 Å². The SMILES string of the molecule is COc1cc(CN2CCNCC2)c(C(C)(F)F)cc1OC. The fourth-order valence-electron chi connectivity index (χ4n) is 2.57. The molecule has 1 aliphatic heterocycles. The highest BCUT2D eigenvalue weighted by molar-refractivity contribution is 5.48. The Balaban J connectivity index is 2.36. The summed E-state index contributed by atoms with van der Waals surface area (Å²) in [5, 5.41) is 3.25. The van der Waals surface area contributed by atoms with Crippen molar-refractivity contribution < 1.29 is 18.3 Å². The minimum Gasteiger partial charge on any atom is -0.493 e. The molecule has 1 saturated heterocycles. The summed E-state index contributed by atoms with van der Waals surface area (Å²) in [6.45, 7) is 4.86. The van der Waals surface area contributed by atoms with Crippen LogP contribution in [-0.2, 0) is 12.5 Å². The minimum absolute atomic E-state index is 0.00122. The Morgan fingerprint density at radius 2 is 1.71 bits per heavy atom. The van der Waals surface area contributed by atoms with Gasteiger partial charge in [0.15, 0.2) is 11.5 Å². The third-order valence-electron chi connectivity index (χ3n) is 3.69. The molecule has 0 atom stereocenters. The summed E-state index contributed by atoms with van der Waals surface area (Å²) in [7, 11) is 2.96. The monoisotopic (exact) mass is 300 g/mol. The van der Waals surface area contributed by atoms with Gasteiger partial charge in [-0.15, -0.1) is 0 Å². The van der Waals surface area contributed by atoms with Gasteiger partial charge in [-0.3, -0.25) is 4.90 Å². The molecule has 0 radical (unpaired) electrons. The second-order valence-corrected chi connectivity index (χ2v) is 5.28. The van der Waals surface area contributed by atoms with E-state index < -0.39 is 5.92 Å². The first kappa shape index (κ1) is 16.0. The molecule has 0 aromatic heterocycles. The summed E-state index contributed by atoms with van der Waals surface area (Å²) >= 11 is 0. The number of hydrogen-bond acceptors (Lipinski definition) is 4. The van der Waals surface area contributed by atoms with Crippen molar-refractivity contribution in [2.24, 2.45) is 0 Å². The van der Waals surface area contributed by atoms with Gasteiger partial charge in [-0.1, -0.05) is 0 Å². The molecule has 1 aromatic rings. The summed E-state index contributed by atoms with van der Waals surface area (Å²) in [5.41, 5.74) is 0.584. The number of methoxy groups -OCH3 is 2. The molecular weight excluding hydrogens is 278 g/mol. The van der Waals surface area contributed by atoms with E-state index in [1.807, 2.05) is 0 Å². The van der Waals surface area contributed by atoms with E-state index in [4.69, 9.17) is 9.47 Å². The lowest BCUT2D eigenvalue weighted by Crippen LogP contribution is -2.43. The average Bonchev–Trinajstić information content (AvgIpc) is 2.46. The van der Waals surface area contributed by atoms with Crippen LogP contribution >= 0.6 is 0 Å². The van der Waals surface area contributed by atoms with E-state index in [0.717, 1.165) is 33.1 Å². The molecule has 0 bridgehead atoms. The zero-order chi connectivity index (χ0) is 15.5. The zero-order valence-electron chi connectivity index (χ0n) is 12.7. The van der Waals surface area contributed by atoms with Crippen molar-refractivity contribution in [3.63, 3.8) is 0 Å². The number of piperazine rings is 1. The lowest BCUT2D eigenvalue weighted by molar-refractivity contribution is 0.0155. The van der Waals surface area contributed by atoms with Gasteiger partial charge in [0.05, 0.1) is 14.2 Å². The van der Waals surface area contributed by atoms with E-state index in [2.05, 4.69) is 10.2 Å². The first-order valence-electron chi connectivity index (χ1n) is 7.02. The van der Waals surface area contributed by atoms with E-state index in [-0.39, 0.29) is 5.56 Å². The van der Waals surface area contributed by atoms with Crippen molar-refractivity contribution in [1.82, 2.24) is 10.2 Å². The van der Waals surface area contributed by atoms with Crippen LogP contribution in [0, 0.1) is 0 Å². The second-order valence-electron chi connectivity index (χ2n) is 5.28. The summed E-state index contributed by atoms with van der Waals surface area (Å²) < 4.78 is 38.2. The normalized spacial score (nSPS) is 16.8. The van der Waals surface area contributed by atoms with E-state index >= 15 is 0 Å². The number of benzene rings is 1. The molecule has 2 rings (SSSR count). The van der Waals surface area contributed by atoms with Crippen molar-refractivity contribution >= 4 is 0 Å². The van der Waals surface area contributed by atoms with Crippen molar-refractivity contribution in [3.8, 4) is 11.5 Å². The Bertz CT molecular complexity index is 483. The fourth-order valence-corrected chi connectivity index (χ4v) is 2.57. The van der Waals surface area contributed by atoms with E-state index in [1.54, 1.807) is 6.07 Å². The van der Waals surface area contributed by atoms with Gasteiger partial charge in [0.25, 0.3) is 5.92 Å². The molecule has 1 heterocycles. The van der Waals surface area contributed by atoms with Gasteiger partial charge in [-0.2, -0.15) is 0 Å². The van der Waals surface area contributed by atoms with Crippen molar-refractivity contribution in [3.05, 3.63) is 23.3 Å². The molecule has 21 heavy (non-hydrogen) atoms. The second kappa shape index (κ2) is 6.58. The lowest BCUT2D eigenvalue weighted by Gasteiger charge is -2.29. The summed E-state index contributed by atoms with van der Waals surface area (Å²) in [6.07, 6.45) is 0. The quantitative estimate of drug-likeness (QED) is 0.904. The zero-order valence-corrected chi connectivity index (χ0v) is 12.7. The third-order valence-corrected chi connectivity index (χ3v) is 3.69. The summed E-state index contributed by atoms with van der Waals surface area (Å²) in [6, 6.07) is 3.05. The molecule has 0 amide bonds. The Hall–Kier alpha value is -1.40. The van der Waals surface area contributed by atoms with Crippen LogP contribution in [-0.4, -0.2) is 45.3 Å². The fraction of sp³-hybridized carbons (Fsp3) is 0.600. The molecule has 0 unspecified atom stereocenters. The Labute approximate surface area is 124 Å². The van der Waals surface area contributed by atoms with Gasteiger partial charge in [0, 0.05) is 45.2 Å². The highest BCUT2D eigenvalue weighted by Crippen LogP contribution is 2.38. The van der Waals surface area contributed by atoms with Crippen LogP contribution in [0.4, 0.5) is 8.78 Å². The smallest absolute Gasteiger partial charge is 0.270 e. The number of hydrogen-bond donors (Lipinski definition) is 1. The first-order chi connectivity index (χ1) is 9.95. The maximum Gasteiger partial charge on any atom is 0.270 e. The topological polar surface area (TPSA) is 33.7 Å². The van der Waals surface area contributed by atoms with Gasteiger partial charge >= 0.3 is 0 Å². The van der Waals surface area contributed by atoms with Crippen LogP contribution in [0.2, 0.25) is 0 Å². The first-order valence-corrected chi connectivity index (χ1v) is 7.02. The number of rotatable bonds is 5. The number of ether oxygens (including phenoxy) is 2. The summed E-state index contributed by atoms with van der Waals surface area (Å²) in [4.78, 5) is 2.16. The predicted octanol–water partition coefficient (Wildman–Crippen LogP) is 2.22. The molecule has 0 aliphatic carbocycles. The van der Waals surface area contributed by atoms with Gasteiger partial charge in [-0.05, 0) is 17.7 Å². The lowest BCUT2D eigenvalue weighted by atomic mass is 10.0.